The topological polar surface area (TPSA) is 86.6 Å². The standard InChI is InChI=1S/C11H13NO4/c13-6-8-1-3-9(4-2-8)11(16)12-5-10(15)7-14/h1-4,6,10,14-15H,5,7H2,(H,12,16). The predicted octanol–water partition coefficient (Wildman–Crippen LogP) is -0.418. The molecule has 1 aromatic rings. The molecule has 0 aliphatic carbocycles. The molecule has 1 atom stereocenters. The second-order valence-electron chi connectivity index (χ2n) is 3.29. The van der Waals surface area contributed by atoms with Crippen molar-refractivity contribution in [2.45, 2.75) is 6.10 Å². The number of amides is 1. The first kappa shape index (κ1) is 12.4. The summed E-state index contributed by atoms with van der Waals surface area (Å²) in [5, 5.41) is 20.0. The van der Waals surface area contributed by atoms with Gasteiger partial charge in [0.25, 0.3) is 5.91 Å². The van der Waals surface area contributed by atoms with Crippen LogP contribution in [0.4, 0.5) is 0 Å². The van der Waals surface area contributed by atoms with E-state index >= 15 is 0 Å². The average molecular weight is 223 g/mol. The van der Waals surface area contributed by atoms with Crippen LogP contribution in [0.25, 0.3) is 0 Å². The summed E-state index contributed by atoms with van der Waals surface area (Å²) in [5.41, 5.74) is 0.891. The molecule has 1 aromatic carbocycles. The molecule has 16 heavy (non-hydrogen) atoms. The van der Waals surface area contributed by atoms with Gasteiger partial charge in [0.05, 0.1) is 12.7 Å². The minimum absolute atomic E-state index is 0.00916. The minimum atomic E-state index is -0.960. The molecule has 1 rings (SSSR count). The number of hydrogen-bond donors (Lipinski definition) is 3. The molecule has 0 bridgehead atoms. The van der Waals surface area contributed by atoms with E-state index in [9.17, 15) is 9.59 Å². The lowest BCUT2D eigenvalue weighted by Crippen LogP contribution is -2.33. The number of nitrogens with one attached hydrogen (secondary N) is 1. The van der Waals surface area contributed by atoms with Gasteiger partial charge < -0.3 is 15.5 Å². The molecule has 0 saturated heterocycles. The summed E-state index contributed by atoms with van der Waals surface area (Å²) < 4.78 is 0. The van der Waals surface area contributed by atoms with E-state index < -0.39 is 12.7 Å². The molecular formula is C11H13NO4. The minimum Gasteiger partial charge on any atom is -0.394 e. The highest BCUT2D eigenvalue weighted by Crippen LogP contribution is 2.02. The van der Waals surface area contributed by atoms with E-state index in [2.05, 4.69) is 5.32 Å². The van der Waals surface area contributed by atoms with Gasteiger partial charge in [0.15, 0.2) is 0 Å². The molecule has 0 fully saturated rings. The van der Waals surface area contributed by atoms with Gasteiger partial charge >= 0.3 is 0 Å². The zero-order valence-electron chi connectivity index (χ0n) is 8.59. The van der Waals surface area contributed by atoms with Crippen molar-refractivity contribution < 1.29 is 19.8 Å². The molecule has 3 N–H and O–H groups in total. The molecular weight excluding hydrogens is 210 g/mol. The normalized spacial score (nSPS) is 11.9. The molecule has 5 nitrogen and oxygen atoms in total. The molecule has 0 spiro atoms. The number of aliphatic hydroxyl groups is 2. The third-order valence-electron chi connectivity index (χ3n) is 2.02. The Morgan fingerprint density at radius 1 is 1.38 bits per heavy atom. The van der Waals surface area contributed by atoms with Crippen LogP contribution >= 0.6 is 0 Å². The lowest BCUT2D eigenvalue weighted by atomic mass is 10.1. The number of hydrogen-bond acceptors (Lipinski definition) is 4. The van der Waals surface area contributed by atoms with Crippen LogP contribution in [0.5, 0.6) is 0 Å². The van der Waals surface area contributed by atoms with E-state index in [1.54, 1.807) is 0 Å². The Kier molecular flexibility index (Phi) is 4.63. The maximum absolute atomic E-state index is 11.5. The van der Waals surface area contributed by atoms with Crippen molar-refractivity contribution >= 4 is 12.2 Å². The lowest BCUT2D eigenvalue weighted by molar-refractivity contribution is 0.0802. The summed E-state index contributed by atoms with van der Waals surface area (Å²) in [6.07, 6.45) is -0.268. The number of carbonyl (C=O) groups is 2. The van der Waals surface area contributed by atoms with Gasteiger partial charge in [0, 0.05) is 17.7 Å². The zero-order chi connectivity index (χ0) is 12.0. The molecule has 0 aliphatic rings. The fourth-order valence-corrected chi connectivity index (χ4v) is 1.09. The van der Waals surface area contributed by atoms with E-state index in [1.807, 2.05) is 0 Å². The fraction of sp³-hybridized carbons (Fsp3) is 0.273. The first-order valence-electron chi connectivity index (χ1n) is 4.79. The van der Waals surface area contributed by atoms with Crippen LogP contribution in [-0.4, -0.2) is 41.7 Å². The van der Waals surface area contributed by atoms with Gasteiger partial charge in [-0.3, -0.25) is 9.59 Å². The van der Waals surface area contributed by atoms with E-state index in [4.69, 9.17) is 10.2 Å². The van der Waals surface area contributed by atoms with Crippen molar-refractivity contribution in [1.29, 1.82) is 0 Å². The number of aliphatic hydroxyl groups excluding tert-OH is 2. The highest BCUT2D eigenvalue weighted by atomic mass is 16.3. The van der Waals surface area contributed by atoms with Gasteiger partial charge in [-0.2, -0.15) is 0 Å². The van der Waals surface area contributed by atoms with E-state index in [1.165, 1.54) is 24.3 Å². The molecule has 0 radical (unpaired) electrons. The predicted molar refractivity (Wildman–Crippen MR) is 57.3 cm³/mol. The second kappa shape index (κ2) is 5.99. The van der Waals surface area contributed by atoms with E-state index in [0.717, 1.165) is 0 Å². The number of carbonyl (C=O) groups excluding carboxylic acids is 2. The summed E-state index contributed by atoms with van der Waals surface area (Å²) in [6.45, 7) is -0.408. The molecule has 0 aromatic heterocycles. The van der Waals surface area contributed by atoms with Crippen LogP contribution in [0.1, 0.15) is 20.7 Å². The van der Waals surface area contributed by atoms with Crippen LogP contribution in [0.2, 0.25) is 0 Å². The molecule has 0 aliphatic heterocycles. The molecule has 0 saturated carbocycles. The van der Waals surface area contributed by atoms with Crippen molar-refractivity contribution in [3.8, 4) is 0 Å². The highest BCUT2D eigenvalue weighted by molar-refractivity contribution is 5.94. The number of rotatable bonds is 5. The largest absolute Gasteiger partial charge is 0.394 e. The molecule has 86 valence electrons. The smallest absolute Gasteiger partial charge is 0.251 e. The first-order valence-corrected chi connectivity index (χ1v) is 4.79. The maximum Gasteiger partial charge on any atom is 0.251 e. The summed E-state index contributed by atoms with van der Waals surface area (Å²) >= 11 is 0. The van der Waals surface area contributed by atoms with Gasteiger partial charge in [-0.25, -0.2) is 0 Å². The lowest BCUT2D eigenvalue weighted by Gasteiger charge is -2.08. The van der Waals surface area contributed by atoms with Crippen LogP contribution in [0.3, 0.4) is 0 Å². The third kappa shape index (κ3) is 3.45. The summed E-state index contributed by atoms with van der Waals surface area (Å²) in [7, 11) is 0. The maximum atomic E-state index is 11.5. The average Bonchev–Trinajstić information content (AvgIpc) is 2.35. The Balaban J connectivity index is 2.56. The Morgan fingerprint density at radius 3 is 2.50 bits per heavy atom. The molecule has 0 heterocycles. The van der Waals surface area contributed by atoms with Gasteiger partial charge in [-0.15, -0.1) is 0 Å². The highest BCUT2D eigenvalue weighted by Gasteiger charge is 2.07. The van der Waals surface area contributed by atoms with E-state index in [0.29, 0.717) is 17.4 Å². The van der Waals surface area contributed by atoms with Crippen molar-refractivity contribution in [2.75, 3.05) is 13.2 Å². The Bertz CT molecular complexity index is 361. The van der Waals surface area contributed by atoms with Gasteiger partial charge in [0.2, 0.25) is 0 Å². The van der Waals surface area contributed by atoms with E-state index in [-0.39, 0.29) is 12.5 Å². The number of aldehydes is 1. The molecule has 5 heteroatoms. The third-order valence-corrected chi connectivity index (χ3v) is 2.02. The second-order valence-corrected chi connectivity index (χ2v) is 3.29. The van der Waals surface area contributed by atoms with Crippen molar-refractivity contribution in [1.82, 2.24) is 5.32 Å². The Labute approximate surface area is 92.7 Å². The van der Waals surface area contributed by atoms with Crippen molar-refractivity contribution in [3.05, 3.63) is 35.4 Å². The summed E-state index contributed by atoms with van der Waals surface area (Å²) in [5.74, 6) is -0.357. The Morgan fingerprint density at radius 2 is 2.00 bits per heavy atom. The van der Waals surface area contributed by atoms with Gasteiger partial charge in [0.1, 0.15) is 6.29 Å². The van der Waals surface area contributed by atoms with Crippen LogP contribution < -0.4 is 5.32 Å². The zero-order valence-corrected chi connectivity index (χ0v) is 8.59. The summed E-state index contributed by atoms with van der Waals surface area (Å²) in [4.78, 5) is 21.9. The fourth-order valence-electron chi connectivity index (χ4n) is 1.09. The Hall–Kier alpha value is -1.72. The van der Waals surface area contributed by atoms with Gasteiger partial charge in [-0.1, -0.05) is 12.1 Å². The quantitative estimate of drug-likeness (QED) is 0.592. The summed E-state index contributed by atoms with van der Waals surface area (Å²) in [6, 6.07) is 6.10. The molecule has 1 amide bonds. The van der Waals surface area contributed by atoms with Crippen LogP contribution in [-0.2, 0) is 0 Å². The van der Waals surface area contributed by atoms with Crippen molar-refractivity contribution in [2.24, 2.45) is 0 Å². The molecule has 1 unspecified atom stereocenters. The number of benzene rings is 1. The van der Waals surface area contributed by atoms with Crippen molar-refractivity contribution in [3.63, 3.8) is 0 Å². The van der Waals surface area contributed by atoms with Gasteiger partial charge in [-0.05, 0) is 12.1 Å². The van der Waals surface area contributed by atoms with Crippen LogP contribution in [0.15, 0.2) is 24.3 Å². The SMILES string of the molecule is O=Cc1ccc(C(=O)NCC(O)CO)cc1. The van der Waals surface area contributed by atoms with Crippen LogP contribution in [0, 0.1) is 0 Å². The first-order chi connectivity index (χ1) is 7.67. The monoisotopic (exact) mass is 223 g/mol.